The molecule has 5 nitrogen and oxygen atoms in total. The average molecular weight is 263 g/mol. The number of carbonyl (C=O) groups is 1. The van der Waals surface area contributed by atoms with Crippen LogP contribution in [0.3, 0.4) is 0 Å². The van der Waals surface area contributed by atoms with Crippen LogP contribution in [-0.2, 0) is 4.74 Å². The van der Waals surface area contributed by atoms with Crippen LogP contribution in [0.25, 0.3) is 0 Å². The summed E-state index contributed by atoms with van der Waals surface area (Å²) in [5, 5.41) is 0. The van der Waals surface area contributed by atoms with Crippen molar-refractivity contribution in [3.8, 4) is 0 Å². The van der Waals surface area contributed by atoms with E-state index >= 15 is 0 Å². The number of carbonyl (C=O) groups excluding carboxylic acids is 1. The summed E-state index contributed by atoms with van der Waals surface area (Å²) in [5.41, 5.74) is 7.56. The molecule has 19 heavy (non-hydrogen) atoms. The molecule has 2 rings (SSSR count). The number of rotatable bonds is 3. The number of amides is 1. The van der Waals surface area contributed by atoms with Gasteiger partial charge < -0.3 is 15.4 Å². The number of hydrogen-bond acceptors (Lipinski definition) is 4. The number of likely N-dealkylation sites (tertiary alicyclic amines) is 1. The van der Waals surface area contributed by atoms with Gasteiger partial charge in [0.1, 0.15) is 0 Å². The number of piperidine rings is 1. The minimum atomic E-state index is 0.0206. The predicted octanol–water partition coefficient (Wildman–Crippen LogP) is 1.61. The predicted molar refractivity (Wildman–Crippen MR) is 73.9 cm³/mol. The molecular weight excluding hydrogens is 242 g/mol. The van der Waals surface area contributed by atoms with Crippen LogP contribution < -0.4 is 5.73 Å². The van der Waals surface area contributed by atoms with Gasteiger partial charge in [-0.15, -0.1) is 0 Å². The minimum absolute atomic E-state index is 0.0206. The standard InChI is InChI=1S/C14H21N3O2/c1-3-19-12-4-6-17(7-5-12)14(18)13-8-11(15)9-16-10(13)2/h8-9,12H,3-7,15H2,1-2H3. The summed E-state index contributed by atoms with van der Waals surface area (Å²) in [7, 11) is 0. The third kappa shape index (κ3) is 3.23. The third-order valence-corrected chi connectivity index (χ3v) is 3.47. The molecule has 5 heteroatoms. The highest BCUT2D eigenvalue weighted by Gasteiger charge is 2.24. The lowest BCUT2D eigenvalue weighted by Gasteiger charge is -2.32. The zero-order chi connectivity index (χ0) is 13.8. The Bertz CT molecular complexity index is 454. The van der Waals surface area contributed by atoms with Crippen LogP contribution in [0.2, 0.25) is 0 Å². The van der Waals surface area contributed by atoms with Crippen molar-refractivity contribution in [1.82, 2.24) is 9.88 Å². The Balaban J connectivity index is 2.03. The summed E-state index contributed by atoms with van der Waals surface area (Å²) in [6.45, 7) is 6.03. The number of aryl methyl sites for hydroxylation is 1. The Labute approximate surface area is 113 Å². The van der Waals surface area contributed by atoms with Crippen molar-refractivity contribution < 1.29 is 9.53 Å². The van der Waals surface area contributed by atoms with E-state index in [1.807, 2.05) is 18.7 Å². The van der Waals surface area contributed by atoms with Gasteiger partial charge in [-0.25, -0.2) is 0 Å². The Morgan fingerprint density at radius 1 is 1.53 bits per heavy atom. The minimum Gasteiger partial charge on any atom is -0.397 e. The monoisotopic (exact) mass is 263 g/mol. The first-order chi connectivity index (χ1) is 9.11. The molecule has 1 amide bonds. The maximum Gasteiger partial charge on any atom is 0.255 e. The Hall–Kier alpha value is -1.62. The highest BCUT2D eigenvalue weighted by molar-refractivity contribution is 5.96. The van der Waals surface area contributed by atoms with E-state index in [4.69, 9.17) is 10.5 Å². The van der Waals surface area contributed by atoms with E-state index in [0.29, 0.717) is 11.3 Å². The maximum absolute atomic E-state index is 12.4. The van der Waals surface area contributed by atoms with Gasteiger partial charge in [0.05, 0.1) is 29.2 Å². The Kier molecular flexibility index (Phi) is 4.37. The van der Waals surface area contributed by atoms with Crippen LogP contribution in [0.5, 0.6) is 0 Å². The van der Waals surface area contributed by atoms with E-state index in [-0.39, 0.29) is 12.0 Å². The van der Waals surface area contributed by atoms with Gasteiger partial charge in [0, 0.05) is 19.7 Å². The number of ether oxygens (including phenoxy) is 1. The molecule has 0 atom stereocenters. The molecule has 1 aliphatic heterocycles. The van der Waals surface area contributed by atoms with E-state index in [1.165, 1.54) is 0 Å². The number of nitrogens with two attached hydrogens (primary N) is 1. The van der Waals surface area contributed by atoms with Crippen molar-refractivity contribution in [3.05, 3.63) is 23.5 Å². The summed E-state index contributed by atoms with van der Waals surface area (Å²) >= 11 is 0. The summed E-state index contributed by atoms with van der Waals surface area (Å²) < 4.78 is 5.59. The molecule has 1 fully saturated rings. The second kappa shape index (κ2) is 6.02. The summed E-state index contributed by atoms with van der Waals surface area (Å²) in [6.07, 6.45) is 3.66. The molecule has 1 aromatic rings. The first-order valence-electron chi connectivity index (χ1n) is 6.74. The van der Waals surface area contributed by atoms with E-state index in [9.17, 15) is 4.79 Å². The van der Waals surface area contributed by atoms with Gasteiger partial charge in [-0.1, -0.05) is 0 Å². The van der Waals surface area contributed by atoms with Gasteiger partial charge in [-0.05, 0) is 32.8 Å². The van der Waals surface area contributed by atoms with Crippen LogP contribution >= 0.6 is 0 Å². The van der Waals surface area contributed by atoms with Crippen LogP contribution in [0, 0.1) is 6.92 Å². The Morgan fingerprint density at radius 3 is 2.84 bits per heavy atom. The lowest BCUT2D eigenvalue weighted by Crippen LogP contribution is -2.41. The lowest BCUT2D eigenvalue weighted by atomic mass is 10.1. The van der Waals surface area contributed by atoms with Gasteiger partial charge >= 0.3 is 0 Å². The number of hydrogen-bond donors (Lipinski definition) is 1. The molecule has 1 aromatic heterocycles. The van der Waals surface area contributed by atoms with Crippen molar-refractivity contribution >= 4 is 11.6 Å². The molecule has 2 N–H and O–H groups in total. The normalized spacial score (nSPS) is 16.6. The second-order valence-corrected chi connectivity index (χ2v) is 4.85. The van der Waals surface area contributed by atoms with Crippen molar-refractivity contribution in [3.63, 3.8) is 0 Å². The van der Waals surface area contributed by atoms with Gasteiger partial charge in [-0.2, -0.15) is 0 Å². The zero-order valence-corrected chi connectivity index (χ0v) is 11.6. The number of aromatic nitrogens is 1. The number of anilines is 1. The van der Waals surface area contributed by atoms with Crippen molar-refractivity contribution in [2.45, 2.75) is 32.8 Å². The van der Waals surface area contributed by atoms with Crippen LogP contribution in [0.4, 0.5) is 5.69 Å². The molecule has 0 spiro atoms. The van der Waals surface area contributed by atoms with E-state index in [1.54, 1.807) is 12.3 Å². The molecule has 0 aliphatic carbocycles. The smallest absolute Gasteiger partial charge is 0.255 e. The van der Waals surface area contributed by atoms with Crippen LogP contribution in [-0.4, -0.2) is 41.6 Å². The number of pyridine rings is 1. The van der Waals surface area contributed by atoms with Gasteiger partial charge in [0.15, 0.2) is 0 Å². The molecule has 0 unspecified atom stereocenters. The van der Waals surface area contributed by atoms with Gasteiger partial charge in [-0.3, -0.25) is 9.78 Å². The molecule has 0 aromatic carbocycles. The molecule has 1 aliphatic rings. The van der Waals surface area contributed by atoms with Gasteiger partial charge in [0.2, 0.25) is 0 Å². The average Bonchev–Trinajstić information content (AvgIpc) is 2.42. The topological polar surface area (TPSA) is 68.5 Å². The third-order valence-electron chi connectivity index (χ3n) is 3.47. The summed E-state index contributed by atoms with van der Waals surface area (Å²) in [4.78, 5) is 18.4. The van der Waals surface area contributed by atoms with Crippen molar-refractivity contribution in [1.29, 1.82) is 0 Å². The summed E-state index contributed by atoms with van der Waals surface area (Å²) in [6, 6.07) is 1.71. The van der Waals surface area contributed by atoms with Crippen molar-refractivity contribution in [2.24, 2.45) is 0 Å². The zero-order valence-electron chi connectivity index (χ0n) is 11.6. The second-order valence-electron chi connectivity index (χ2n) is 4.85. The van der Waals surface area contributed by atoms with Gasteiger partial charge in [0.25, 0.3) is 5.91 Å². The fourth-order valence-electron chi connectivity index (χ4n) is 2.40. The first-order valence-corrected chi connectivity index (χ1v) is 6.74. The maximum atomic E-state index is 12.4. The first kappa shape index (κ1) is 13.8. The SMILES string of the molecule is CCOC1CCN(C(=O)c2cc(N)cnc2C)CC1. The van der Waals surface area contributed by atoms with Crippen molar-refractivity contribution in [2.75, 3.05) is 25.4 Å². The van der Waals surface area contributed by atoms with E-state index < -0.39 is 0 Å². The fraction of sp³-hybridized carbons (Fsp3) is 0.571. The number of nitrogens with zero attached hydrogens (tertiary/aromatic N) is 2. The number of nitrogen functional groups attached to an aromatic ring is 1. The Morgan fingerprint density at radius 2 is 2.21 bits per heavy atom. The van der Waals surface area contributed by atoms with Crippen LogP contribution in [0.1, 0.15) is 35.8 Å². The highest BCUT2D eigenvalue weighted by atomic mass is 16.5. The molecule has 1 saturated heterocycles. The van der Waals surface area contributed by atoms with E-state index in [2.05, 4.69) is 4.98 Å². The molecule has 0 bridgehead atoms. The molecule has 0 saturated carbocycles. The summed E-state index contributed by atoms with van der Waals surface area (Å²) in [5.74, 6) is 0.0206. The molecular formula is C14H21N3O2. The fourth-order valence-corrected chi connectivity index (χ4v) is 2.40. The highest BCUT2D eigenvalue weighted by Crippen LogP contribution is 2.18. The molecule has 104 valence electrons. The largest absolute Gasteiger partial charge is 0.397 e. The van der Waals surface area contributed by atoms with E-state index in [0.717, 1.165) is 38.2 Å². The van der Waals surface area contributed by atoms with Crippen LogP contribution in [0.15, 0.2) is 12.3 Å². The molecule has 2 heterocycles. The quantitative estimate of drug-likeness (QED) is 0.899. The molecule has 0 radical (unpaired) electrons. The lowest BCUT2D eigenvalue weighted by molar-refractivity contribution is 0.0145.